The van der Waals surface area contributed by atoms with Crippen LogP contribution in [0.2, 0.25) is 0 Å². The second kappa shape index (κ2) is 10.4. The maximum Gasteiger partial charge on any atom is 0.224 e. The van der Waals surface area contributed by atoms with Crippen LogP contribution in [0.1, 0.15) is 36.8 Å². The summed E-state index contributed by atoms with van der Waals surface area (Å²) in [5, 5.41) is 6.85. The van der Waals surface area contributed by atoms with E-state index < -0.39 is 0 Å². The first-order valence-corrected chi connectivity index (χ1v) is 12.3. The second-order valence-electron chi connectivity index (χ2n) is 8.56. The summed E-state index contributed by atoms with van der Waals surface area (Å²) >= 11 is 5.85. The van der Waals surface area contributed by atoms with Crippen LogP contribution >= 0.6 is 12.2 Å². The van der Waals surface area contributed by atoms with Crippen LogP contribution in [-0.4, -0.2) is 27.7 Å². The molecule has 0 saturated carbocycles. The van der Waals surface area contributed by atoms with Crippen molar-refractivity contribution in [2.24, 2.45) is 0 Å². The molecule has 1 aliphatic rings. The van der Waals surface area contributed by atoms with E-state index in [1.165, 1.54) is 12.1 Å². The summed E-state index contributed by atoms with van der Waals surface area (Å²) in [6.45, 7) is 1.79. The number of thiocarbonyl (C=S) groups is 1. The number of methoxy groups -OCH3 is 1. The molecule has 1 fully saturated rings. The van der Waals surface area contributed by atoms with Gasteiger partial charge in [-0.25, -0.2) is 4.39 Å². The molecule has 3 heterocycles. The van der Waals surface area contributed by atoms with Gasteiger partial charge in [-0.3, -0.25) is 9.78 Å². The number of hydrogen-bond donors (Lipinski definition) is 2. The maximum absolute atomic E-state index is 13.7. The van der Waals surface area contributed by atoms with Crippen molar-refractivity contribution in [1.82, 2.24) is 14.9 Å². The van der Waals surface area contributed by atoms with Gasteiger partial charge in [0.25, 0.3) is 0 Å². The zero-order valence-electron chi connectivity index (χ0n) is 20.4. The van der Waals surface area contributed by atoms with E-state index in [9.17, 15) is 9.18 Å². The van der Waals surface area contributed by atoms with Gasteiger partial charge in [-0.2, -0.15) is 0 Å². The molecule has 0 spiro atoms. The lowest BCUT2D eigenvalue weighted by molar-refractivity contribution is -0.115. The Bertz CT molecular complexity index is 1420. The molecule has 0 aliphatic carbocycles. The highest BCUT2D eigenvalue weighted by atomic mass is 32.1. The molecule has 0 unspecified atom stereocenters. The van der Waals surface area contributed by atoms with Crippen molar-refractivity contribution >= 4 is 34.6 Å². The van der Waals surface area contributed by atoms with Gasteiger partial charge in [0, 0.05) is 41.9 Å². The summed E-state index contributed by atoms with van der Waals surface area (Å²) in [5.74, 6) is 0.127. The molecule has 1 saturated heterocycles. The highest BCUT2D eigenvalue weighted by molar-refractivity contribution is 7.80. The van der Waals surface area contributed by atoms with Crippen molar-refractivity contribution in [1.29, 1.82) is 0 Å². The van der Waals surface area contributed by atoms with Gasteiger partial charge in [0.2, 0.25) is 5.91 Å². The largest absolute Gasteiger partial charge is 0.494 e. The fraction of sp³-hybridized carbons (Fsp3) is 0.179. The number of nitrogens with one attached hydrogen (secondary N) is 2. The van der Waals surface area contributed by atoms with Gasteiger partial charge in [-0.05, 0) is 72.9 Å². The molecule has 37 heavy (non-hydrogen) atoms. The standard InChI is InChI=1S/C28H26FN5O2S/c1-3-25(35)31-21-14-13-20(17-24(21)36-2)34-27(26(32-28(34)37)22-7-4-5-15-30-22)23-8-6-16-33(23)19-11-9-18(29)10-12-19/h4-17,26-27H,3H2,1-2H3,(H,31,35)(H,32,37)/t26-,27-/m0/s1. The third kappa shape index (κ3) is 4.77. The highest BCUT2D eigenvalue weighted by Crippen LogP contribution is 2.43. The number of amides is 1. The minimum Gasteiger partial charge on any atom is -0.494 e. The number of halogens is 1. The summed E-state index contributed by atoms with van der Waals surface area (Å²) < 4.78 is 21.3. The number of benzene rings is 2. The second-order valence-corrected chi connectivity index (χ2v) is 8.95. The van der Waals surface area contributed by atoms with Crippen molar-refractivity contribution in [3.63, 3.8) is 0 Å². The number of anilines is 2. The number of carbonyl (C=O) groups excluding carboxylic acids is 1. The smallest absolute Gasteiger partial charge is 0.224 e. The van der Waals surface area contributed by atoms with E-state index in [1.807, 2.05) is 64.2 Å². The molecule has 0 bridgehead atoms. The average Bonchev–Trinajstić information content (AvgIpc) is 3.54. The maximum atomic E-state index is 13.7. The fourth-order valence-electron chi connectivity index (χ4n) is 4.58. The average molecular weight is 516 g/mol. The van der Waals surface area contributed by atoms with Gasteiger partial charge in [0.1, 0.15) is 17.6 Å². The summed E-state index contributed by atoms with van der Waals surface area (Å²) in [4.78, 5) is 18.6. The number of rotatable bonds is 7. The number of carbonyl (C=O) groups is 1. The minimum absolute atomic E-state index is 0.102. The number of aromatic nitrogens is 2. The molecular formula is C28H26FN5O2S. The van der Waals surface area contributed by atoms with Crippen molar-refractivity contribution in [2.75, 3.05) is 17.3 Å². The van der Waals surface area contributed by atoms with Crippen LogP contribution in [-0.2, 0) is 4.79 Å². The molecule has 2 aromatic heterocycles. The third-order valence-electron chi connectivity index (χ3n) is 6.34. The van der Waals surface area contributed by atoms with Gasteiger partial charge in [-0.15, -0.1) is 0 Å². The van der Waals surface area contributed by atoms with Gasteiger partial charge < -0.3 is 24.8 Å². The third-order valence-corrected chi connectivity index (χ3v) is 6.66. The molecular weight excluding hydrogens is 489 g/mol. The van der Waals surface area contributed by atoms with E-state index in [-0.39, 0.29) is 23.8 Å². The monoisotopic (exact) mass is 515 g/mol. The molecule has 1 amide bonds. The quantitative estimate of drug-likeness (QED) is 0.315. The Morgan fingerprint density at radius 1 is 1.11 bits per heavy atom. The first-order valence-electron chi connectivity index (χ1n) is 11.9. The van der Waals surface area contributed by atoms with Gasteiger partial charge in [0.05, 0.1) is 24.5 Å². The molecule has 9 heteroatoms. The predicted octanol–water partition coefficient (Wildman–Crippen LogP) is 5.55. The lowest BCUT2D eigenvalue weighted by atomic mass is 10.0. The number of pyridine rings is 1. The van der Waals surface area contributed by atoms with E-state index in [0.29, 0.717) is 23.0 Å². The summed E-state index contributed by atoms with van der Waals surface area (Å²) in [6, 6.07) is 21.2. The number of hydrogen-bond acceptors (Lipinski definition) is 4. The van der Waals surface area contributed by atoms with Crippen LogP contribution < -0.4 is 20.3 Å². The summed E-state index contributed by atoms with van der Waals surface area (Å²) in [5.41, 5.74) is 3.98. The van der Waals surface area contributed by atoms with Gasteiger partial charge >= 0.3 is 0 Å². The SMILES string of the molecule is CCC(=O)Nc1ccc(N2C(=S)N[C@@H](c3ccccn3)[C@@H]2c2cccn2-c2ccc(F)cc2)cc1OC. The Balaban J connectivity index is 1.62. The van der Waals surface area contributed by atoms with Crippen molar-refractivity contribution < 1.29 is 13.9 Å². The first kappa shape index (κ1) is 24.5. The zero-order valence-corrected chi connectivity index (χ0v) is 21.2. The van der Waals surface area contributed by atoms with Gasteiger partial charge in [0.15, 0.2) is 5.11 Å². The number of nitrogens with zero attached hydrogens (tertiary/aromatic N) is 3. The lowest BCUT2D eigenvalue weighted by Crippen LogP contribution is -2.30. The Morgan fingerprint density at radius 2 is 1.89 bits per heavy atom. The number of ether oxygens (including phenoxy) is 1. The highest BCUT2D eigenvalue weighted by Gasteiger charge is 2.42. The molecule has 188 valence electrons. The molecule has 0 radical (unpaired) electrons. The van der Waals surface area contributed by atoms with Crippen LogP contribution in [0, 0.1) is 5.82 Å². The van der Waals surface area contributed by atoms with Crippen LogP contribution in [0.5, 0.6) is 5.75 Å². The Labute approximate surface area is 219 Å². The summed E-state index contributed by atoms with van der Waals surface area (Å²) in [7, 11) is 1.56. The topological polar surface area (TPSA) is 71.4 Å². The Hall–Kier alpha value is -4.24. The molecule has 2 atom stereocenters. The van der Waals surface area contributed by atoms with Gasteiger partial charge in [-0.1, -0.05) is 13.0 Å². The molecule has 5 rings (SSSR count). The van der Waals surface area contributed by atoms with E-state index in [2.05, 4.69) is 15.6 Å². The Morgan fingerprint density at radius 3 is 2.59 bits per heavy atom. The lowest BCUT2D eigenvalue weighted by Gasteiger charge is -2.29. The van der Waals surface area contributed by atoms with E-state index in [1.54, 1.807) is 32.4 Å². The Kier molecular flexibility index (Phi) is 6.87. The molecule has 4 aromatic rings. The van der Waals surface area contributed by atoms with Crippen LogP contribution in [0.4, 0.5) is 15.8 Å². The van der Waals surface area contributed by atoms with Crippen molar-refractivity contribution in [3.8, 4) is 11.4 Å². The molecule has 2 aromatic carbocycles. The fourth-order valence-corrected chi connectivity index (χ4v) is 4.92. The van der Waals surface area contributed by atoms with E-state index in [0.717, 1.165) is 22.8 Å². The molecule has 7 nitrogen and oxygen atoms in total. The van der Waals surface area contributed by atoms with E-state index >= 15 is 0 Å². The van der Waals surface area contributed by atoms with E-state index in [4.69, 9.17) is 17.0 Å². The van der Waals surface area contributed by atoms with Crippen LogP contribution in [0.25, 0.3) is 5.69 Å². The van der Waals surface area contributed by atoms with Crippen molar-refractivity contribution in [3.05, 3.63) is 102 Å². The normalized spacial score (nSPS) is 16.9. The summed E-state index contributed by atoms with van der Waals surface area (Å²) in [6.07, 6.45) is 4.06. The van der Waals surface area contributed by atoms with Crippen molar-refractivity contribution in [2.45, 2.75) is 25.4 Å². The molecule has 1 aliphatic heterocycles. The van der Waals surface area contributed by atoms with Crippen LogP contribution in [0.15, 0.2) is 85.2 Å². The predicted molar refractivity (Wildman–Crippen MR) is 146 cm³/mol. The zero-order chi connectivity index (χ0) is 25.9. The molecule has 2 N–H and O–H groups in total. The minimum atomic E-state index is -0.295. The first-order chi connectivity index (χ1) is 18.0. The van der Waals surface area contributed by atoms with Crippen LogP contribution in [0.3, 0.4) is 0 Å².